The van der Waals surface area contributed by atoms with Gasteiger partial charge < -0.3 is 14.4 Å². The van der Waals surface area contributed by atoms with Crippen molar-refractivity contribution in [1.82, 2.24) is 9.47 Å². The molecule has 0 fully saturated rings. The number of aliphatic carboxylic acids is 1. The van der Waals surface area contributed by atoms with Crippen LogP contribution in [0.3, 0.4) is 0 Å². The van der Waals surface area contributed by atoms with Gasteiger partial charge in [0.2, 0.25) is 0 Å². The summed E-state index contributed by atoms with van der Waals surface area (Å²) in [6.07, 6.45) is -2.25. The minimum atomic E-state index is -4.56. The first-order valence-corrected chi connectivity index (χ1v) is 15.1. The van der Waals surface area contributed by atoms with E-state index in [1.165, 1.54) is 6.07 Å². The number of halogens is 5. The summed E-state index contributed by atoms with van der Waals surface area (Å²) in [5, 5.41) is 9.76. The van der Waals surface area contributed by atoms with Crippen molar-refractivity contribution in [3.05, 3.63) is 137 Å². The number of rotatable bonds is 13. The van der Waals surface area contributed by atoms with Gasteiger partial charge in [0.1, 0.15) is 12.3 Å². The predicted molar refractivity (Wildman–Crippen MR) is 178 cm³/mol. The Morgan fingerprint density at radius 3 is 2.15 bits per heavy atom. The van der Waals surface area contributed by atoms with Gasteiger partial charge in [-0.2, -0.15) is 13.2 Å². The molecule has 1 unspecified atom stereocenters. The Morgan fingerprint density at radius 2 is 1.54 bits per heavy atom. The number of carboxylic acids is 1. The smallest absolute Gasteiger partial charge is 0.417 e. The molecule has 1 N–H and O–H groups in total. The van der Waals surface area contributed by atoms with Crippen LogP contribution in [0.4, 0.5) is 13.2 Å². The van der Waals surface area contributed by atoms with Crippen molar-refractivity contribution in [1.29, 1.82) is 0 Å². The molecule has 0 saturated carbocycles. The predicted octanol–water partition coefficient (Wildman–Crippen LogP) is 9.31. The maximum Gasteiger partial charge on any atom is 0.417 e. The normalized spacial score (nSPS) is 12.3. The van der Waals surface area contributed by atoms with E-state index in [2.05, 4.69) is 29.2 Å². The topological polar surface area (TPSA) is 54.7 Å². The minimum Gasteiger partial charge on any atom is -0.493 e. The van der Waals surface area contributed by atoms with Crippen molar-refractivity contribution in [2.24, 2.45) is 0 Å². The first-order chi connectivity index (χ1) is 21.6. The Kier molecular flexibility index (Phi) is 11.8. The number of carboxylic acid groups (broad SMARTS) is 1. The number of alkyl halides is 3. The molecule has 242 valence electrons. The molecule has 0 aliphatic carbocycles. The van der Waals surface area contributed by atoms with Crippen molar-refractivity contribution in [2.45, 2.75) is 44.6 Å². The van der Waals surface area contributed by atoms with Crippen LogP contribution < -0.4 is 4.74 Å². The fourth-order valence-corrected chi connectivity index (χ4v) is 5.97. The number of fused-ring (bicyclic) bond motifs is 1. The Balaban J connectivity index is 0.00000480. The molecule has 0 aliphatic rings. The summed E-state index contributed by atoms with van der Waals surface area (Å²) in [6, 6.07) is 31.5. The third kappa shape index (κ3) is 8.43. The van der Waals surface area contributed by atoms with Crippen molar-refractivity contribution in [3.63, 3.8) is 0 Å². The van der Waals surface area contributed by atoms with Gasteiger partial charge in [0, 0.05) is 36.6 Å². The zero-order valence-electron chi connectivity index (χ0n) is 25.2. The summed E-state index contributed by atoms with van der Waals surface area (Å²) in [6.45, 7) is 2.99. The number of aromatic nitrogens is 1. The summed E-state index contributed by atoms with van der Waals surface area (Å²) >= 11 is 6.38. The fraction of sp³-hybridized carbons (Fsp3) is 0.250. The van der Waals surface area contributed by atoms with Gasteiger partial charge in [0.05, 0.1) is 22.7 Å². The first-order valence-electron chi connectivity index (χ1n) is 14.7. The summed E-state index contributed by atoms with van der Waals surface area (Å²) in [7, 11) is 0. The molecule has 1 heterocycles. The Morgan fingerprint density at radius 1 is 0.913 bits per heavy atom. The van der Waals surface area contributed by atoms with Gasteiger partial charge >= 0.3 is 12.1 Å². The molecule has 46 heavy (non-hydrogen) atoms. The van der Waals surface area contributed by atoms with Crippen LogP contribution in [0.25, 0.3) is 10.9 Å². The van der Waals surface area contributed by atoms with E-state index in [-0.39, 0.29) is 42.5 Å². The number of carbonyl (C=O) groups is 1. The molecule has 5 aromatic rings. The van der Waals surface area contributed by atoms with Gasteiger partial charge in [-0.3, -0.25) is 9.69 Å². The van der Waals surface area contributed by atoms with Crippen LogP contribution in [0, 0.1) is 0 Å². The molecule has 0 spiro atoms. The second kappa shape index (κ2) is 15.5. The van der Waals surface area contributed by atoms with Crippen LogP contribution in [0.2, 0.25) is 5.02 Å². The summed E-state index contributed by atoms with van der Waals surface area (Å²) in [5.74, 6) is -0.330. The first kappa shape index (κ1) is 34.9. The van der Waals surface area contributed by atoms with E-state index in [9.17, 15) is 23.1 Å². The largest absolute Gasteiger partial charge is 0.493 e. The lowest BCUT2D eigenvalue weighted by Gasteiger charge is -2.34. The summed E-state index contributed by atoms with van der Waals surface area (Å²) < 4.78 is 49.1. The van der Waals surface area contributed by atoms with Crippen LogP contribution >= 0.6 is 24.0 Å². The Bertz CT molecular complexity index is 1690. The quantitative estimate of drug-likeness (QED) is 0.136. The molecule has 1 atom stereocenters. The van der Waals surface area contributed by atoms with Crippen LogP contribution in [0.15, 0.2) is 109 Å². The number of nitrogens with zero attached hydrogens (tertiary/aromatic N) is 2. The maximum atomic E-state index is 13.7. The average Bonchev–Trinajstić information content (AvgIpc) is 3.43. The molecule has 0 aliphatic heterocycles. The van der Waals surface area contributed by atoms with E-state index < -0.39 is 17.7 Å². The van der Waals surface area contributed by atoms with Crippen LogP contribution in [-0.4, -0.2) is 39.7 Å². The van der Waals surface area contributed by atoms with E-state index >= 15 is 0 Å². The molecular weight excluding hydrogens is 636 g/mol. The highest BCUT2D eigenvalue weighted by molar-refractivity contribution is 6.32. The fourth-order valence-electron chi connectivity index (χ4n) is 5.68. The second-order valence-electron chi connectivity index (χ2n) is 11.1. The van der Waals surface area contributed by atoms with Crippen molar-refractivity contribution in [2.75, 3.05) is 13.2 Å². The lowest BCUT2D eigenvalue weighted by atomic mass is 9.90. The maximum absolute atomic E-state index is 13.7. The highest BCUT2D eigenvalue weighted by atomic mass is 35.5. The molecule has 10 heteroatoms. The third-order valence-corrected chi connectivity index (χ3v) is 8.52. The molecule has 1 aromatic heterocycles. The van der Waals surface area contributed by atoms with Crippen molar-refractivity contribution >= 4 is 40.9 Å². The highest BCUT2D eigenvalue weighted by Gasteiger charge is 2.34. The van der Waals surface area contributed by atoms with Crippen LogP contribution in [0.1, 0.15) is 41.5 Å². The highest BCUT2D eigenvalue weighted by Crippen LogP contribution is 2.37. The van der Waals surface area contributed by atoms with Crippen LogP contribution in [-0.2, 0) is 24.1 Å². The Hall–Kier alpha value is -3.98. The standard InChI is InChI=1S/C36H34ClF3N2O3.ClH/c1-25(19-21-45-33-17-9-16-32-29(33)18-20-41(32)24-34(43)44)42(22-28-14-8-15-31(35(28)37)36(38,39)40)23-30(26-10-4-2-5-11-26)27-12-6-3-7-13-27;/h2-18,20,25,30H,19,21-24H2,1H3,(H,43,44);1H. The molecule has 0 radical (unpaired) electrons. The summed E-state index contributed by atoms with van der Waals surface area (Å²) in [5.41, 5.74) is 2.53. The van der Waals surface area contributed by atoms with Gasteiger partial charge in [-0.1, -0.05) is 90.5 Å². The third-order valence-electron chi connectivity index (χ3n) is 8.07. The van der Waals surface area contributed by atoms with Crippen molar-refractivity contribution < 1.29 is 27.8 Å². The number of hydrogen-bond acceptors (Lipinski definition) is 3. The van der Waals surface area contributed by atoms with Crippen LogP contribution in [0.5, 0.6) is 5.75 Å². The molecule has 0 amide bonds. The lowest BCUT2D eigenvalue weighted by Crippen LogP contribution is -2.37. The molecule has 5 rings (SSSR count). The number of benzene rings is 4. The van der Waals surface area contributed by atoms with E-state index in [1.54, 1.807) is 16.8 Å². The zero-order valence-corrected chi connectivity index (χ0v) is 26.7. The van der Waals surface area contributed by atoms with Gasteiger partial charge in [0.15, 0.2) is 0 Å². The zero-order chi connectivity index (χ0) is 32.0. The minimum absolute atomic E-state index is 0. The molecular formula is C36H35Cl2F3N2O3. The number of hydrogen-bond donors (Lipinski definition) is 1. The molecule has 5 nitrogen and oxygen atoms in total. The average molecular weight is 672 g/mol. The van der Waals surface area contributed by atoms with Gasteiger partial charge in [0.25, 0.3) is 0 Å². The van der Waals surface area contributed by atoms with Gasteiger partial charge in [-0.25, -0.2) is 0 Å². The Labute approximate surface area is 277 Å². The summed E-state index contributed by atoms with van der Waals surface area (Å²) in [4.78, 5) is 13.4. The van der Waals surface area contributed by atoms with E-state index in [0.717, 1.165) is 28.1 Å². The molecule has 0 bridgehead atoms. The lowest BCUT2D eigenvalue weighted by molar-refractivity contribution is -0.138. The van der Waals surface area contributed by atoms with E-state index in [1.807, 2.05) is 67.6 Å². The second-order valence-corrected chi connectivity index (χ2v) is 11.5. The SMILES string of the molecule is CC(CCOc1cccc2c1ccn2CC(=O)O)N(Cc1cccc(C(F)(F)F)c1Cl)CC(c1ccccc1)c1ccccc1.Cl. The van der Waals surface area contributed by atoms with Gasteiger partial charge in [-0.05, 0) is 54.3 Å². The number of ether oxygens (including phenoxy) is 1. The van der Waals surface area contributed by atoms with Gasteiger partial charge in [-0.15, -0.1) is 12.4 Å². The van der Waals surface area contributed by atoms with Crippen molar-refractivity contribution in [3.8, 4) is 5.75 Å². The molecule has 4 aromatic carbocycles. The monoisotopic (exact) mass is 670 g/mol. The van der Waals surface area contributed by atoms with E-state index in [4.69, 9.17) is 16.3 Å². The molecule has 0 saturated heterocycles. The van der Waals surface area contributed by atoms with E-state index in [0.29, 0.717) is 30.9 Å².